The molecule has 2 aliphatic heterocycles. The van der Waals surface area contributed by atoms with Gasteiger partial charge in [-0.05, 0) is 55.9 Å². The monoisotopic (exact) mass is 499 g/mol. The van der Waals surface area contributed by atoms with Crippen molar-refractivity contribution in [1.29, 1.82) is 0 Å². The van der Waals surface area contributed by atoms with Crippen molar-refractivity contribution in [2.45, 2.75) is 64.5 Å². The molecule has 196 valence electrons. The Kier molecular flexibility index (Phi) is 7.18. The first-order valence-corrected chi connectivity index (χ1v) is 14.4. The molecular weight excluding hydrogens is 458 g/mol. The first-order valence-electron chi connectivity index (χ1n) is 14.4. The summed E-state index contributed by atoms with van der Waals surface area (Å²) in [6.07, 6.45) is 8.67. The van der Waals surface area contributed by atoms with E-state index in [-0.39, 0.29) is 5.92 Å². The van der Waals surface area contributed by atoms with Gasteiger partial charge in [-0.1, -0.05) is 55.7 Å². The Hall–Kier alpha value is -2.86. The molecule has 3 fully saturated rings. The van der Waals surface area contributed by atoms with Crippen molar-refractivity contribution in [2.75, 3.05) is 44.2 Å². The number of carbonyl (C=O) groups is 1. The van der Waals surface area contributed by atoms with Crippen LogP contribution in [0.2, 0.25) is 0 Å². The van der Waals surface area contributed by atoms with E-state index in [2.05, 4.69) is 74.7 Å². The SMILES string of the molecule is Cc1ccccc1Cn1c(N2CCC(C(=O)N3CCN(C4CCCCC4)CC3)CC2)nc2ccccc21. The first kappa shape index (κ1) is 24.5. The molecule has 3 aromatic rings. The quantitative estimate of drug-likeness (QED) is 0.491. The minimum Gasteiger partial charge on any atom is -0.342 e. The third-order valence-corrected chi connectivity index (χ3v) is 9.07. The molecule has 0 bridgehead atoms. The number of imidazole rings is 1. The summed E-state index contributed by atoms with van der Waals surface area (Å²) >= 11 is 0. The van der Waals surface area contributed by atoms with Crippen LogP contribution in [0.1, 0.15) is 56.1 Å². The fraction of sp³-hybridized carbons (Fsp3) is 0.548. The summed E-state index contributed by atoms with van der Waals surface area (Å²) < 4.78 is 2.37. The second-order valence-corrected chi connectivity index (χ2v) is 11.3. The molecule has 0 radical (unpaired) electrons. The lowest BCUT2D eigenvalue weighted by molar-refractivity contribution is -0.138. The van der Waals surface area contributed by atoms with Crippen LogP contribution in [0.25, 0.3) is 11.0 Å². The van der Waals surface area contributed by atoms with Crippen molar-refractivity contribution in [1.82, 2.24) is 19.4 Å². The molecule has 2 aromatic carbocycles. The van der Waals surface area contributed by atoms with Gasteiger partial charge in [-0.25, -0.2) is 4.98 Å². The van der Waals surface area contributed by atoms with Crippen LogP contribution in [-0.4, -0.2) is 70.6 Å². The van der Waals surface area contributed by atoms with Crippen LogP contribution >= 0.6 is 0 Å². The standard InChI is InChI=1S/C31H41N5O/c1-24-9-5-6-10-26(24)23-36-29-14-8-7-13-28(29)32-31(36)35-17-15-25(16-18-35)30(37)34-21-19-33(20-22-34)27-11-3-2-4-12-27/h5-10,13-14,25,27H,2-4,11-12,15-23H2,1H3. The average molecular weight is 500 g/mol. The highest BCUT2D eigenvalue weighted by Gasteiger charge is 2.33. The first-order chi connectivity index (χ1) is 18.2. The largest absolute Gasteiger partial charge is 0.342 e. The Bertz CT molecular complexity index is 1210. The molecule has 1 aromatic heterocycles. The van der Waals surface area contributed by atoms with Gasteiger partial charge in [-0.3, -0.25) is 9.69 Å². The molecule has 6 rings (SSSR count). The van der Waals surface area contributed by atoms with E-state index >= 15 is 0 Å². The maximum absolute atomic E-state index is 13.4. The van der Waals surface area contributed by atoms with Crippen LogP contribution in [0.15, 0.2) is 48.5 Å². The Morgan fingerprint density at radius 3 is 2.30 bits per heavy atom. The predicted molar refractivity (Wildman–Crippen MR) is 150 cm³/mol. The molecule has 3 heterocycles. The van der Waals surface area contributed by atoms with E-state index in [1.54, 1.807) is 0 Å². The van der Waals surface area contributed by atoms with Gasteiger partial charge < -0.3 is 14.4 Å². The number of para-hydroxylation sites is 2. The minimum absolute atomic E-state index is 0.145. The van der Waals surface area contributed by atoms with Crippen LogP contribution in [0.5, 0.6) is 0 Å². The van der Waals surface area contributed by atoms with Crippen molar-refractivity contribution in [3.8, 4) is 0 Å². The van der Waals surface area contributed by atoms with Crippen molar-refractivity contribution in [2.24, 2.45) is 5.92 Å². The number of aryl methyl sites for hydroxylation is 1. The van der Waals surface area contributed by atoms with E-state index < -0.39 is 0 Å². The third kappa shape index (κ3) is 5.13. The smallest absolute Gasteiger partial charge is 0.225 e. The number of piperidine rings is 1. The predicted octanol–water partition coefficient (Wildman–Crippen LogP) is 5.09. The minimum atomic E-state index is 0.145. The molecule has 0 atom stereocenters. The molecule has 0 N–H and O–H groups in total. The highest BCUT2D eigenvalue weighted by Crippen LogP contribution is 2.30. The summed E-state index contributed by atoms with van der Waals surface area (Å²) in [5, 5.41) is 0. The molecule has 1 amide bonds. The number of fused-ring (bicyclic) bond motifs is 1. The molecule has 6 nitrogen and oxygen atoms in total. The highest BCUT2D eigenvalue weighted by atomic mass is 16.2. The lowest BCUT2D eigenvalue weighted by Gasteiger charge is -2.42. The van der Waals surface area contributed by atoms with Crippen molar-refractivity contribution >= 4 is 22.9 Å². The summed E-state index contributed by atoms with van der Waals surface area (Å²) in [5.74, 6) is 1.57. The van der Waals surface area contributed by atoms with E-state index in [9.17, 15) is 4.79 Å². The van der Waals surface area contributed by atoms with Crippen molar-refractivity contribution in [3.63, 3.8) is 0 Å². The van der Waals surface area contributed by atoms with E-state index in [4.69, 9.17) is 4.98 Å². The van der Waals surface area contributed by atoms with Gasteiger partial charge in [0.15, 0.2) is 0 Å². The molecule has 1 saturated carbocycles. The van der Waals surface area contributed by atoms with E-state index in [1.807, 2.05) is 0 Å². The lowest BCUT2D eigenvalue weighted by atomic mass is 9.93. The molecule has 0 spiro atoms. The normalized spacial score (nSPS) is 20.6. The number of anilines is 1. The van der Waals surface area contributed by atoms with Crippen molar-refractivity contribution in [3.05, 3.63) is 59.7 Å². The van der Waals surface area contributed by atoms with Gasteiger partial charge in [0.1, 0.15) is 0 Å². The Labute approximate surface area is 221 Å². The van der Waals surface area contributed by atoms with Gasteiger partial charge >= 0.3 is 0 Å². The van der Waals surface area contributed by atoms with Crippen LogP contribution in [0.4, 0.5) is 5.95 Å². The zero-order valence-corrected chi connectivity index (χ0v) is 22.3. The molecule has 1 aliphatic carbocycles. The van der Waals surface area contributed by atoms with Crippen LogP contribution in [0, 0.1) is 12.8 Å². The van der Waals surface area contributed by atoms with Crippen LogP contribution in [-0.2, 0) is 11.3 Å². The summed E-state index contributed by atoms with van der Waals surface area (Å²) in [5.41, 5.74) is 4.85. The fourth-order valence-corrected chi connectivity index (χ4v) is 6.76. The van der Waals surface area contributed by atoms with Gasteiger partial charge in [-0.2, -0.15) is 0 Å². The number of carbonyl (C=O) groups excluding carboxylic acids is 1. The van der Waals surface area contributed by atoms with Gasteiger partial charge in [0.2, 0.25) is 11.9 Å². The molecular formula is C31H41N5O. The van der Waals surface area contributed by atoms with E-state index in [0.717, 1.165) is 76.2 Å². The number of amides is 1. The highest BCUT2D eigenvalue weighted by molar-refractivity contribution is 5.80. The maximum Gasteiger partial charge on any atom is 0.225 e. The Morgan fingerprint density at radius 2 is 1.54 bits per heavy atom. The number of rotatable bonds is 5. The van der Waals surface area contributed by atoms with Crippen molar-refractivity contribution < 1.29 is 4.79 Å². The number of nitrogens with zero attached hydrogens (tertiary/aromatic N) is 5. The molecule has 6 heteroatoms. The number of piperazine rings is 1. The van der Waals surface area contributed by atoms with Gasteiger partial charge in [0, 0.05) is 51.2 Å². The van der Waals surface area contributed by atoms with Crippen LogP contribution < -0.4 is 4.90 Å². The molecule has 3 aliphatic rings. The summed E-state index contributed by atoms with van der Waals surface area (Å²) in [7, 11) is 0. The second-order valence-electron chi connectivity index (χ2n) is 11.3. The zero-order chi connectivity index (χ0) is 25.2. The molecule has 37 heavy (non-hydrogen) atoms. The summed E-state index contributed by atoms with van der Waals surface area (Å²) in [6, 6.07) is 17.8. The molecule has 0 unspecified atom stereocenters. The number of hydrogen-bond donors (Lipinski definition) is 0. The fourth-order valence-electron chi connectivity index (χ4n) is 6.76. The summed E-state index contributed by atoms with van der Waals surface area (Å²) in [4.78, 5) is 25.7. The topological polar surface area (TPSA) is 44.6 Å². The van der Waals surface area contributed by atoms with Gasteiger partial charge in [0.05, 0.1) is 17.6 Å². The Balaban J connectivity index is 1.11. The van der Waals surface area contributed by atoms with Gasteiger partial charge in [0.25, 0.3) is 0 Å². The summed E-state index contributed by atoms with van der Waals surface area (Å²) in [6.45, 7) is 8.68. The maximum atomic E-state index is 13.4. The third-order valence-electron chi connectivity index (χ3n) is 9.07. The number of hydrogen-bond acceptors (Lipinski definition) is 4. The van der Waals surface area contributed by atoms with E-state index in [1.165, 1.54) is 48.7 Å². The Morgan fingerprint density at radius 1 is 0.838 bits per heavy atom. The lowest BCUT2D eigenvalue weighted by Crippen LogP contribution is -2.54. The second kappa shape index (κ2) is 10.9. The number of benzene rings is 2. The van der Waals surface area contributed by atoms with Gasteiger partial charge in [-0.15, -0.1) is 0 Å². The average Bonchev–Trinajstić information content (AvgIpc) is 3.33. The number of aromatic nitrogens is 2. The zero-order valence-electron chi connectivity index (χ0n) is 22.3. The molecule has 2 saturated heterocycles. The van der Waals surface area contributed by atoms with Crippen LogP contribution in [0.3, 0.4) is 0 Å². The van der Waals surface area contributed by atoms with E-state index in [0.29, 0.717) is 5.91 Å².